The first-order chi connectivity index (χ1) is 6.09. The van der Waals surface area contributed by atoms with Crippen LogP contribution in [0.5, 0.6) is 0 Å². The number of likely N-dealkylation sites (N-methyl/N-ethyl adjacent to an activating group) is 1. The van der Waals surface area contributed by atoms with Crippen LogP contribution < -0.4 is 0 Å². The zero-order chi connectivity index (χ0) is 9.84. The Labute approximate surface area is 79.2 Å². The molecule has 0 aliphatic rings. The van der Waals surface area contributed by atoms with Crippen LogP contribution in [0.4, 0.5) is 0 Å². The lowest BCUT2D eigenvalue weighted by Gasteiger charge is -2.09. The predicted molar refractivity (Wildman–Crippen MR) is 53.6 cm³/mol. The maximum Gasteiger partial charge on any atom is 0.226 e. The predicted octanol–water partition coefficient (Wildman–Crippen LogP) is 1.63. The first-order valence-corrected chi connectivity index (χ1v) is 4.35. The van der Waals surface area contributed by atoms with Gasteiger partial charge in [0.2, 0.25) is 5.91 Å². The minimum Gasteiger partial charge on any atom is -0.349 e. The molecule has 0 unspecified atom stereocenters. The van der Waals surface area contributed by atoms with E-state index < -0.39 is 0 Å². The van der Waals surface area contributed by atoms with Gasteiger partial charge in [0.1, 0.15) is 0 Å². The van der Waals surface area contributed by atoms with Crippen LogP contribution in [0.1, 0.15) is 11.1 Å². The summed E-state index contributed by atoms with van der Waals surface area (Å²) in [4.78, 5) is 12.9. The van der Waals surface area contributed by atoms with Gasteiger partial charge < -0.3 is 4.90 Å². The molecule has 0 saturated heterocycles. The van der Waals surface area contributed by atoms with Gasteiger partial charge in [0, 0.05) is 14.1 Å². The molecule has 0 bridgehead atoms. The third kappa shape index (κ3) is 2.90. The average molecular weight is 177 g/mol. The Morgan fingerprint density at radius 1 is 1.23 bits per heavy atom. The van der Waals surface area contributed by atoms with Crippen LogP contribution in [0.2, 0.25) is 0 Å². The van der Waals surface area contributed by atoms with Crippen LogP contribution in [0.3, 0.4) is 0 Å². The summed E-state index contributed by atoms with van der Waals surface area (Å²) in [6, 6.07) is 8.05. The van der Waals surface area contributed by atoms with Crippen LogP contribution in [-0.2, 0) is 11.2 Å². The van der Waals surface area contributed by atoms with Gasteiger partial charge in [-0.1, -0.05) is 29.8 Å². The van der Waals surface area contributed by atoms with E-state index in [1.807, 2.05) is 31.2 Å². The highest BCUT2D eigenvalue weighted by atomic mass is 16.2. The summed E-state index contributed by atoms with van der Waals surface area (Å²) < 4.78 is 0. The van der Waals surface area contributed by atoms with Gasteiger partial charge in [-0.2, -0.15) is 0 Å². The summed E-state index contributed by atoms with van der Waals surface area (Å²) in [5.74, 6) is 0.142. The van der Waals surface area contributed by atoms with Crippen molar-refractivity contribution >= 4 is 5.91 Å². The van der Waals surface area contributed by atoms with Gasteiger partial charge in [-0.15, -0.1) is 0 Å². The zero-order valence-corrected chi connectivity index (χ0v) is 8.37. The number of nitrogens with zero attached hydrogens (tertiary/aromatic N) is 1. The van der Waals surface area contributed by atoms with E-state index in [1.54, 1.807) is 19.0 Å². The maximum atomic E-state index is 11.3. The van der Waals surface area contributed by atoms with Gasteiger partial charge in [0.05, 0.1) is 6.42 Å². The molecule has 1 amide bonds. The second-order valence-corrected chi connectivity index (χ2v) is 3.45. The monoisotopic (exact) mass is 177 g/mol. The quantitative estimate of drug-likeness (QED) is 0.672. The third-order valence-corrected chi connectivity index (χ3v) is 1.97. The number of aryl methyl sites for hydroxylation is 1. The molecule has 2 heteroatoms. The van der Waals surface area contributed by atoms with Gasteiger partial charge in [-0.05, 0) is 12.5 Å². The fourth-order valence-corrected chi connectivity index (χ4v) is 1.04. The van der Waals surface area contributed by atoms with Crippen LogP contribution in [0.15, 0.2) is 24.3 Å². The van der Waals surface area contributed by atoms with Crippen molar-refractivity contribution in [1.29, 1.82) is 0 Å². The Balaban J connectivity index is 2.65. The zero-order valence-electron chi connectivity index (χ0n) is 8.37. The van der Waals surface area contributed by atoms with E-state index in [-0.39, 0.29) is 5.91 Å². The van der Waals surface area contributed by atoms with E-state index >= 15 is 0 Å². The Hall–Kier alpha value is -1.31. The summed E-state index contributed by atoms with van der Waals surface area (Å²) in [6.07, 6.45) is 0.493. The smallest absolute Gasteiger partial charge is 0.226 e. The molecule has 13 heavy (non-hydrogen) atoms. The van der Waals surface area contributed by atoms with Gasteiger partial charge in [0.15, 0.2) is 0 Å². The minimum atomic E-state index is 0.142. The van der Waals surface area contributed by atoms with E-state index in [9.17, 15) is 4.79 Å². The molecule has 0 fully saturated rings. The third-order valence-electron chi connectivity index (χ3n) is 1.97. The van der Waals surface area contributed by atoms with Crippen molar-refractivity contribution in [3.63, 3.8) is 0 Å². The molecule has 0 heterocycles. The van der Waals surface area contributed by atoms with Crippen molar-refractivity contribution in [1.82, 2.24) is 4.90 Å². The minimum absolute atomic E-state index is 0.142. The highest BCUT2D eigenvalue weighted by Crippen LogP contribution is 2.04. The molecule has 1 aromatic rings. The topological polar surface area (TPSA) is 20.3 Å². The lowest BCUT2D eigenvalue weighted by molar-refractivity contribution is -0.127. The van der Waals surface area contributed by atoms with Crippen LogP contribution >= 0.6 is 0 Å². The largest absolute Gasteiger partial charge is 0.349 e. The van der Waals surface area contributed by atoms with Crippen LogP contribution in [-0.4, -0.2) is 24.9 Å². The number of benzene rings is 1. The standard InChI is InChI=1S/C11H15NO/c1-9-4-6-10(7-5-9)8-11(13)12(2)3/h4-7H,8H2,1-3H3. The molecular weight excluding hydrogens is 162 g/mol. The molecule has 0 radical (unpaired) electrons. The van der Waals surface area contributed by atoms with Crippen molar-refractivity contribution in [2.75, 3.05) is 14.1 Å². The number of amides is 1. The van der Waals surface area contributed by atoms with Crippen molar-refractivity contribution in [3.05, 3.63) is 35.4 Å². The van der Waals surface area contributed by atoms with Crippen molar-refractivity contribution in [3.8, 4) is 0 Å². The van der Waals surface area contributed by atoms with E-state index in [2.05, 4.69) is 0 Å². The highest BCUT2D eigenvalue weighted by Gasteiger charge is 2.04. The first kappa shape index (κ1) is 9.78. The fourth-order valence-electron chi connectivity index (χ4n) is 1.04. The molecule has 0 aliphatic carbocycles. The molecule has 70 valence electrons. The van der Waals surface area contributed by atoms with Gasteiger partial charge in [-0.3, -0.25) is 4.79 Å². The van der Waals surface area contributed by atoms with Crippen LogP contribution in [0, 0.1) is 6.92 Å². The molecule has 0 N–H and O–H groups in total. The number of rotatable bonds is 2. The fraction of sp³-hybridized carbons (Fsp3) is 0.364. The Morgan fingerprint density at radius 2 is 1.77 bits per heavy atom. The first-order valence-electron chi connectivity index (χ1n) is 4.35. The number of carbonyl (C=O) groups is 1. The summed E-state index contributed by atoms with van der Waals surface area (Å²) in [7, 11) is 3.55. The van der Waals surface area contributed by atoms with Crippen molar-refractivity contribution in [2.24, 2.45) is 0 Å². The normalized spacial score (nSPS) is 9.77. The van der Waals surface area contributed by atoms with Crippen LogP contribution in [0.25, 0.3) is 0 Å². The molecular formula is C11H15NO. The molecule has 0 spiro atoms. The summed E-state index contributed by atoms with van der Waals surface area (Å²) in [5.41, 5.74) is 2.30. The number of hydrogen-bond donors (Lipinski definition) is 0. The van der Waals surface area contributed by atoms with E-state index in [0.717, 1.165) is 5.56 Å². The SMILES string of the molecule is Cc1ccc(CC(=O)N(C)C)cc1. The lowest BCUT2D eigenvalue weighted by atomic mass is 10.1. The van der Waals surface area contributed by atoms with Crippen molar-refractivity contribution < 1.29 is 4.79 Å². The Bertz CT molecular complexity index is 287. The highest BCUT2D eigenvalue weighted by molar-refractivity contribution is 5.78. The second-order valence-electron chi connectivity index (χ2n) is 3.45. The lowest BCUT2D eigenvalue weighted by Crippen LogP contribution is -2.23. The molecule has 0 aliphatic heterocycles. The molecule has 0 saturated carbocycles. The second kappa shape index (κ2) is 4.08. The van der Waals surface area contributed by atoms with Crippen molar-refractivity contribution in [2.45, 2.75) is 13.3 Å². The van der Waals surface area contributed by atoms with E-state index in [0.29, 0.717) is 6.42 Å². The van der Waals surface area contributed by atoms with Gasteiger partial charge in [0.25, 0.3) is 0 Å². The number of hydrogen-bond acceptors (Lipinski definition) is 1. The average Bonchev–Trinajstić information content (AvgIpc) is 2.08. The van der Waals surface area contributed by atoms with E-state index in [4.69, 9.17) is 0 Å². The maximum absolute atomic E-state index is 11.3. The molecule has 1 rings (SSSR count). The Kier molecular flexibility index (Phi) is 3.07. The summed E-state index contributed by atoms with van der Waals surface area (Å²) >= 11 is 0. The molecule has 0 atom stereocenters. The molecule has 1 aromatic carbocycles. The van der Waals surface area contributed by atoms with Gasteiger partial charge in [-0.25, -0.2) is 0 Å². The summed E-state index contributed by atoms with van der Waals surface area (Å²) in [6.45, 7) is 2.04. The molecule has 2 nitrogen and oxygen atoms in total. The Morgan fingerprint density at radius 3 is 2.23 bits per heavy atom. The molecule has 0 aromatic heterocycles. The van der Waals surface area contributed by atoms with E-state index in [1.165, 1.54) is 5.56 Å². The number of carbonyl (C=O) groups excluding carboxylic acids is 1. The van der Waals surface area contributed by atoms with Gasteiger partial charge >= 0.3 is 0 Å². The summed E-state index contributed by atoms with van der Waals surface area (Å²) in [5, 5.41) is 0.